The Morgan fingerprint density at radius 3 is 2.78 bits per heavy atom. The van der Waals surface area contributed by atoms with Gasteiger partial charge in [-0.1, -0.05) is 6.92 Å². The van der Waals surface area contributed by atoms with Crippen LogP contribution in [0.2, 0.25) is 0 Å². The first-order valence-corrected chi connectivity index (χ1v) is 7.60. The molecule has 1 aliphatic rings. The average Bonchev–Trinajstić information content (AvgIpc) is 2.75. The number of amides is 1. The Balaban J connectivity index is 1.83. The first kappa shape index (κ1) is 13.6. The van der Waals surface area contributed by atoms with Crippen LogP contribution in [0.3, 0.4) is 0 Å². The zero-order chi connectivity index (χ0) is 13.0. The molecular formula is C14H22N2OS. The molecule has 1 fully saturated rings. The van der Waals surface area contributed by atoms with Crippen LogP contribution in [-0.2, 0) is 11.3 Å². The molecule has 0 atom stereocenters. The topological polar surface area (TPSA) is 41.1 Å². The van der Waals surface area contributed by atoms with Crippen LogP contribution in [0.4, 0.5) is 5.69 Å². The van der Waals surface area contributed by atoms with Crippen molar-refractivity contribution in [3.8, 4) is 0 Å². The lowest BCUT2D eigenvalue weighted by Gasteiger charge is -2.27. The third kappa shape index (κ3) is 3.82. The van der Waals surface area contributed by atoms with Crippen LogP contribution in [-0.4, -0.2) is 11.9 Å². The van der Waals surface area contributed by atoms with Crippen molar-refractivity contribution in [2.24, 2.45) is 5.92 Å². The molecule has 0 aromatic carbocycles. The van der Waals surface area contributed by atoms with Crippen LogP contribution in [0, 0.1) is 5.92 Å². The number of nitrogens with one attached hydrogen (secondary N) is 2. The summed E-state index contributed by atoms with van der Waals surface area (Å²) >= 11 is 1.70. The lowest BCUT2D eigenvalue weighted by molar-refractivity contribution is -0.114. The smallest absolute Gasteiger partial charge is 0.221 e. The van der Waals surface area contributed by atoms with Crippen LogP contribution >= 0.6 is 11.3 Å². The Kier molecular flexibility index (Phi) is 4.78. The molecule has 1 aromatic heterocycles. The van der Waals surface area contributed by atoms with Gasteiger partial charge in [-0.05, 0) is 43.0 Å². The van der Waals surface area contributed by atoms with E-state index < -0.39 is 0 Å². The third-order valence-electron chi connectivity index (χ3n) is 3.62. The summed E-state index contributed by atoms with van der Waals surface area (Å²) in [6.45, 7) is 4.76. The molecule has 0 saturated heterocycles. The summed E-state index contributed by atoms with van der Waals surface area (Å²) in [6.07, 6.45) is 5.23. The Hall–Kier alpha value is -0.870. The summed E-state index contributed by atoms with van der Waals surface area (Å²) < 4.78 is 0. The van der Waals surface area contributed by atoms with E-state index in [1.165, 1.54) is 30.6 Å². The van der Waals surface area contributed by atoms with Crippen molar-refractivity contribution in [3.63, 3.8) is 0 Å². The Labute approximate surface area is 113 Å². The van der Waals surface area contributed by atoms with E-state index in [9.17, 15) is 4.79 Å². The summed E-state index contributed by atoms with van der Waals surface area (Å²) in [4.78, 5) is 12.3. The second-order valence-corrected chi connectivity index (χ2v) is 6.28. The van der Waals surface area contributed by atoms with Crippen LogP contribution in [0.1, 0.15) is 44.4 Å². The largest absolute Gasteiger partial charge is 0.325 e. The number of rotatable bonds is 4. The predicted molar refractivity (Wildman–Crippen MR) is 76.9 cm³/mol. The molecule has 0 unspecified atom stereocenters. The molecule has 1 aromatic rings. The lowest BCUT2D eigenvalue weighted by atomic mass is 9.87. The van der Waals surface area contributed by atoms with Crippen molar-refractivity contribution < 1.29 is 4.79 Å². The summed E-state index contributed by atoms with van der Waals surface area (Å²) in [6, 6.07) is 2.62. The van der Waals surface area contributed by atoms with E-state index in [4.69, 9.17) is 0 Å². The van der Waals surface area contributed by atoms with Gasteiger partial charge in [0, 0.05) is 24.4 Å². The summed E-state index contributed by atoms with van der Waals surface area (Å²) in [5.41, 5.74) is 0.962. The minimum absolute atomic E-state index is 0.00106. The highest BCUT2D eigenvalue weighted by Crippen LogP contribution is 2.26. The van der Waals surface area contributed by atoms with E-state index in [-0.39, 0.29) is 5.91 Å². The van der Waals surface area contributed by atoms with Gasteiger partial charge < -0.3 is 10.6 Å². The predicted octanol–water partition coefficient (Wildman–Crippen LogP) is 3.37. The second kappa shape index (κ2) is 6.34. The van der Waals surface area contributed by atoms with Gasteiger partial charge in [0.25, 0.3) is 0 Å². The van der Waals surface area contributed by atoms with Crippen molar-refractivity contribution >= 4 is 22.9 Å². The second-order valence-electron chi connectivity index (χ2n) is 5.28. The van der Waals surface area contributed by atoms with Crippen LogP contribution in [0.25, 0.3) is 0 Å². The number of carbonyl (C=O) groups excluding carboxylic acids is 1. The van der Waals surface area contributed by atoms with Crippen molar-refractivity contribution in [1.82, 2.24) is 5.32 Å². The quantitative estimate of drug-likeness (QED) is 0.877. The maximum absolute atomic E-state index is 11.1. The molecule has 2 rings (SSSR count). The highest BCUT2D eigenvalue weighted by Gasteiger charge is 2.18. The van der Waals surface area contributed by atoms with E-state index in [1.54, 1.807) is 18.3 Å². The zero-order valence-corrected chi connectivity index (χ0v) is 12.0. The first-order valence-electron chi connectivity index (χ1n) is 6.72. The summed E-state index contributed by atoms with van der Waals surface area (Å²) in [7, 11) is 0. The lowest BCUT2D eigenvalue weighted by Crippen LogP contribution is -2.32. The number of carbonyl (C=O) groups is 1. The number of hydrogen-bond acceptors (Lipinski definition) is 3. The van der Waals surface area contributed by atoms with Gasteiger partial charge in [-0.2, -0.15) is 0 Å². The van der Waals surface area contributed by atoms with Gasteiger partial charge >= 0.3 is 0 Å². The van der Waals surface area contributed by atoms with Crippen LogP contribution in [0.15, 0.2) is 11.4 Å². The van der Waals surface area contributed by atoms with Crippen LogP contribution < -0.4 is 10.6 Å². The van der Waals surface area contributed by atoms with Crippen molar-refractivity contribution in [2.45, 2.75) is 52.1 Å². The van der Waals surface area contributed by atoms with Gasteiger partial charge in [-0.3, -0.25) is 4.79 Å². The van der Waals surface area contributed by atoms with Gasteiger partial charge in [-0.25, -0.2) is 0 Å². The van der Waals surface area contributed by atoms with Gasteiger partial charge in [-0.15, -0.1) is 11.3 Å². The molecule has 3 nitrogen and oxygen atoms in total. The Bertz CT molecular complexity index is 394. The SMILES string of the molecule is CC(=O)Nc1ccsc1CNC1CCC(C)CC1. The molecule has 1 saturated carbocycles. The molecule has 1 aliphatic carbocycles. The van der Waals surface area contributed by atoms with E-state index in [2.05, 4.69) is 17.6 Å². The maximum Gasteiger partial charge on any atom is 0.221 e. The molecule has 1 heterocycles. The molecule has 0 bridgehead atoms. The fourth-order valence-electron chi connectivity index (χ4n) is 2.48. The number of thiophene rings is 1. The highest BCUT2D eigenvalue weighted by atomic mass is 32.1. The van der Waals surface area contributed by atoms with Crippen molar-refractivity contribution in [1.29, 1.82) is 0 Å². The monoisotopic (exact) mass is 266 g/mol. The molecular weight excluding hydrogens is 244 g/mol. The van der Waals surface area contributed by atoms with Gasteiger partial charge in [0.1, 0.15) is 0 Å². The Morgan fingerprint density at radius 2 is 2.11 bits per heavy atom. The molecule has 0 spiro atoms. The Morgan fingerprint density at radius 1 is 1.39 bits per heavy atom. The summed E-state index contributed by atoms with van der Waals surface area (Å²) in [5, 5.41) is 8.53. The van der Waals surface area contributed by atoms with Gasteiger partial charge in [0.05, 0.1) is 5.69 Å². The van der Waals surface area contributed by atoms with E-state index >= 15 is 0 Å². The zero-order valence-electron chi connectivity index (χ0n) is 11.2. The standard InChI is InChI=1S/C14H22N2OS/c1-10-3-5-12(6-4-10)15-9-14-13(7-8-18-14)16-11(2)17/h7-8,10,12,15H,3-6,9H2,1-2H3,(H,16,17). The molecule has 0 aliphatic heterocycles. The molecule has 1 amide bonds. The molecule has 18 heavy (non-hydrogen) atoms. The maximum atomic E-state index is 11.1. The summed E-state index contributed by atoms with van der Waals surface area (Å²) in [5.74, 6) is 0.890. The van der Waals surface area contributed by atoms with Crippen molar-refractivity contribution in [2.75, 3.05) is 5.32 Å². The normalized spacial score (nSPS) is 23.9. The van der Waals surface area contributed by atoms with Crippen molar-refractivity contribution in [3.05, 3.63) is 16.3 Å². The van der Waals surface area contributed by atoms with Gasteiger partial charge in [0.15, 0.2) is 0 Å². The molecule has 2 N–H and O–H groups in total. The third-order valence-corrected chi connectivity index (χ3v) is 4.54. The average molecular weight is 266 g/mol. The number of hydrogen-bond donors (Lipinski definition) is 2. The van der Waals surface area contributed by atoms with Gasteiger partial charge in [0.2, 0.25) is 5.91 Å². The first-order chi connectivity index (χ1) is 8.65. The molecule has 0 radical (unpaired) electrons. The fraction of sp³-hybridized carbons (Fsp3) is 0.643. The fourth-order valence-corrected chi connectivity index (χ4v) is 3.26. The van der Waals surface area contributed by atoms with E-state index in [0.29, 0.717) is 6.04 Å². The van der Waals surface area contributed by atoms with E-state index in [1.807, 2.05) is 11.4 Å². The van der Waals surface area contributed by atoms with Crippen LogP contribution in [0.5, 0.6) is 0 Å². The minimum atomic E-state index is 0.00106. The van der Waals surface area contributed by atoms with E-state index in [0.717, 1.165) is 18.2 Å². The highest BCUT2D eigenvalue weighted by molar-refractivity contribution is 7.10. The minimum Gasteiger partial charge on any atom is -0.325 e. The molecule has 100 valence electrons. The number of anilines is 1. The molecule has 4 heteroatoms.